The van der Waals surface area contributed by atoms with E-state index in [-0.39, 0.29) is 6.61 Å². The maximum Gasteiger partial charge on any atom is 0.0841 e. The Morgan fingerprint density at radius 2 is 2.24 bits per heavy atom. The van der Waals surface area contributed by atoms with Crippen LogP contribution >= 0.6 is 0 Å². The maximum atomic E-state index is 8.82. The molecule has 0 amide bonds. The molecule has 1 aromatic heterocycles. The van der Waals surface area contributed by atoms with E-state index < -0.39 is 0 Å². The van der Waals surface area contributed by atoms with Crippen LogP contribution in [0.3, 0.4) is 0 Å². The summed E-state index contributed by atoms with van der Waals surface area (Å²) in [7, 11) is 0. The molecule has 0 spiro atoms. The molecule has 1 heterocycles. The summed E-state index contributed by atoms with van der Waals surface area (Å²) in [5, 5.41) is 16.5. The summed E-state index contributed by atoms with van der Waals surface area (Å²) < 4.78 is 5.37. The Hall–Kier alpha value is -1.26. The van der Waals surface area contributed by atoms with Crippen LogP contribution in [0.1, 0.15) is 37.2 Å². The lowest BCUT2D eigenvalue weighted by molar-refractivity contribution is 0.134. The van der Waals surface area contributed by atoms with E-state index in [1.54, 1.807) is 6.92 Å². The second-order valence-corrected chi connectivity index (χ2v) is 3.94. The van der Waals surface area contributed by atoms with Crippen molar-refractivity contribution in [3.05, 3.63) is 29.1 Å². The van der Waals surface area contributed by atoms with E-state index in [0.29, 0.717) is 31.0 Å². The Morgan fingerprint density at radius 1 is 1.47 bits per heavy atom. The van der Waals surface area contributed by atoms with Crippen LogP contribution in [0.5, 0.6) is 0 Å². The lowest BCUT2D eigenvalue weighted by Gasteiger charge is -2.08. The minimum atomic E-state index is 0.163. The molecule has 94 valence electrons. The van der Waals surface area contributed by atoms with E-state index >= 15 is 0 Å². The average Bonchev–Trinajstić information content (AvgIpc) is 2.33. The van der Waals surface area contributed by atoms with Gasteiger partial charge in [0.15, 0.2) is 0 Å². The van der Waals surface area contributed by atoms with Gasteiger partial charge in [0.1, 0.15) is 0 Å². The second-order valence-electron chi connectivity index (χ2n) is 3.94. The summed E-state index contributed by atoms with van der Waals surface area (Å²) in [5.74, 6) is 0. The van der Waals surface area contributed by atoms with E-state index in [2.05, 4.69) is 4.98 Å². The third-order valence-corrected chi connectivity index (χ3v) is 2.39. The number of nitrogens with zero attached hydrogens (tertiary/aromatic N) is 1. The Morgan fingerprint density at radius 3 is 2.82 bits per heavy atom. The molecule has 0 aliphatic rings. The van der Waals surface area contributed by atoms with Gasteiger partial charge in [-0.05, 0) is 44.4 Å². The first-order valence-corrected chi connectivity index (χ1v) is 5.91. The lowest BCUT2D eigenvalue weighted by atomic mass is 10.1. The smallest absolute Gasteiger partial charge is 0.0841 e. The summed E-state index contributed by atoms with van der Waals surface area (Å²) in [4.78, 5) is 4.39. The normalized spacial score (nSPS) is 10.5. The standard InChI is InChI=1S/C13H20N2O2/c1-3-17-9-11-7-12(5-4-6-16)15-13(8-11)10(2)14/h7-8,14,16H,3-6,9H2,1-2H3. The third-order valence-electron chi connectivity index (χ3n) is 2.39. The van der Waals surface area contributed by atoms with Gasteiger partial charge in [-0.3, -0.25) is 4.98 Å². The van der Waals surface area contributed by atoms with Crippen molar-refractivity contribution in [1.82, 2.24) is 4.98 Å². The van der Waals surface area contributed by atoms with Gasteiger partial charge in [0.2, 0.25) is 0 Å². The summed E-state index contributed by atoms with van der Waals surface area (Å²) in [5.41, 5.74) is 3.10. The first-order valence-electron chi connectivity index (χ1n) is 5.91. The van der Waals surface area contributed by atoms with Crippen LogP contribution in [0.25, 0.3) is 0 Å². The van der Waals surface area contributed by atoms with E-state index in [1.165, 1.54) is 0 Å². The molecule has 17 heavy (non-hydrogen) atoms. The highest BCUT2D eigenvalue weighted by Crippen LogP contribution is 2.10. The zero-order chi connectivity index (χ0) is 12.7. The number of hydrogen-bond donors (Lipinski definition) is 2. The van der Waals surface area contributed by atoms with Gasteiger partial charge in [-0.2, -0.15) is 0 Å². The van der Waals surface area contributed by atoms with E-state index in [1.807, 2.05) is 19.1 Å². The molecule has 0 saturated heterocycles. The highest BCUT2D eigenvalue weighted by molar-refractivity contribution is 5.94. The lowest BCUT2D eigenvalue weighted by Crippen LogP contribution is -2.04. The summed E-state index contributed by atoms with van der Waals surface area (Å²) >= 11 is 0. The summed E-state index contributed by atoms with van der Waals surface area (Å²) in [6.07, 6.45) is 1.43. The molecule has 2 N–H and O–H groups in total. The molecule has 0 fully saturated rings. The predicted molar refractivity (Wildman–Crippen MR) is 67.5 cm³/mol. The highest BCUT2D eigenvalue weighted by atomic mass is 16.5. The van der Waals surface area contributed by atoms with Gasteiger partial charge in [0.05, 0.1) is 18.0 Å². The zero-order valence-electron chi connectivity index (χ0n) is 10.5. The van der Waals surface area contributed by atoms with Gasteiger partial charge in [-0.1, -0.05) is 0 Å². The fraction of sp³-hybridized carbons (Fsp3) is 0.538. The van der Waals surface area contributed by atoms with Crippen molar-refractivity contribution in [2.24, 2.45) is 0 Å². The van der Waals surface area contributed by atoms with Crippen LogP contribution < -0.4 is 0 Å². The monoisotopic (exact) mass is 236 g/mol. The number of aliphatic hydroxyl groups excluding tert-OH is 1. The molecule has 0 atom stereocenters. The van der Waals surface area contributed by atoms with Crippen molar-refractivity contribution in [3.63, 3.8) is 0 Å². The topological polar surface area (TPSA) is 66.2 Å². The van der Waals surface area contributed by atoms with Crippen molar-refractivity contribution in [3.8, 4) is 0 Å². The Balaban J connectivity index is 2.88. The van der Waals surface area contributed by atoms with Gasteiger partial charge in [0, 0.05) is 18.9 Å². The molecule has 0 aromatic carbocycles. The van der Waals surface area contributed by atoms with Crippen LogP contribution in [0, 0.1) is 5.41 Å². The summed E-state index contributed by atoms with van der Waals surface area (Å²) in [6.45, 7) is 5.06. The Kier molecular flexibility index (Phi) is 5.80. The second kappa shape index (κ2) is 7.14. The van der Waals surface area contributed by atoms with E-state index in [4.69, 9.17) is 15.3 Å². The Labute approximate surface area is 102 Å². The molecular weight excluding hydrogens is 216 g/mol. The van der Waals surface area contributed by atoms with Crippen molar-refractivity contribution >= 4 is 5.71 Å². The van der Waals surface area contributed by atoms with Crippen molar-refractivity contribution in [2.75, 3.05) is 13.2 Å². The zero-order valence-corrected chi connectivity index (χ0v) is 10.5. The van der Waals surface area contributed by atoms with E-state index in [0.717, 1.165) is 17.7 Å². The van der Waals surface area contributed by atoms with E-state index in [9.17, 15) is 0 Å². The number of aliphatic hydroxyl groups is 1. The number of hydrogen-bond acceptors (Lipinski definition) is 4. The average molecular weight is 236 g/mol. The molecule has 1 rings (SSSR count). The van der Waals surface area contributed by atoms with Crippen LogP contribution in [0.15, 0.2) is 12.1 Å². The Bertz CT molecular complexity index is 351. The third kappa shape index (κ3) is 4.63. The molecule has 4 nitrogen and oxygen atoms in total. The first kappa shape index (κ1) is 13.8. The molecule has 0 bridgehead atoms. The fourth-order valence-electron chi connectivity index (χ4n) is 1.53. The van der Waals surface area contributed by atoms with Crippen molar-refractivity contribution < 1.29 is 9.84 Å². The number of ether oxygens (including phenoxy) is 1. The molecule has 4 heteroatoms. The minimum absolute atomic E-state index is 0.163. The first-order chi connectivity index (χ1) is 8.17. The van der Waals surface area contributed by atoms with Gasteiger partial charge in [-0.15, -0.1) is 0 Å². The maximum absolute atomic E-state index is 8.82. The number of pyridine rings is 1. The molecule has 0 saturated carbocycles. The van der Waals surface area contributed by atoms with Gasteiger partial charge in [0.25, 0.3) is 0 Å². The largest absolute Gasteiger partial charge is 0.396 e. The predicted octanol–water partition coefficient (Wildman–Crippen LogP) is 1.93. The van der Waals surface area contributed by atoms with Crippen LogP contribution in [-0.2, 0) is 17.8 Å². The van der Waals surface area contributed by atoms with Crippen molar-refractivity contribution in [1.29, 1.82) is 5.41 Å². The molecule has 0 unspecified atom stereocenters. The molecular formula is C13H20N2O2. The number of nitrogens with one attached hydrogen (secondary N) is 1. The van der Waals surface area contributed by atoms with Gasteiger partial charge in [-0.25, -0.2) is 0 Å². The number of rotatable bonds is 7. The van der Waals surface area contributed by atoms with Crippen LogP contribution in [-0.4, -0.2) is 29.0 Å². The van der Waals surface area contributed by atoms with Crippen LogP contribution in [0.2, 0.25) is 0 Å². The van der Waals surface area contributed by atoms with Crippen molar-refractivity contribution in [2.45, 2.75) is 33.3 Å². The summed E-state index contributed by atoms with van der Waals surface area (Å²) in [6, 6.07) is 3.87. The number of aromatic nitrogens is 1. The molecule has 0 radical (unpaired) electrons. The quantitative estimate of drug-likeness (QED) is 0.711. The molecule has 1 aromatic rings. The molecule has 0 aliphatic heterocycles. The highest BCUT2D eigenvalue weighted by Gasteiger charge is 2.05. The SMILES string of the molecule is CCOCc1cc(CCCO)nc(C(C)=N)c1. The van der Waals surface area contributed by atoms with Gasteiger partial charge >= 0.3 is 0 Å². The minimum Gasteiger partial charge on any atom is -0.396 e. The number of aryl methyl sites for hydroxylation is 1. The van der Waals surface area contributed by atoms with Crippen LogP contribution in [0.4, 0.5) is 0 Å². The van der Waals surface area contributed by atoms with Gasteiger partial charge < -0.3 is 15.3 Å². The fourth-order valence-corrected chi connectivity index (χ4v) is 1.53. The molecule has 0 aliphatic carbocycles.